The summed E-state index contributed by atoms with van der Waals surface area (Å²) >= 11 is 0. The van der Waals surface area contributed by atoms with Crippen LogP contribution in [0.2, 0.25) is 0 Å². The van der Waals surface area contributed by atoms with Crippen LogP contribution in [0.5, 0.6) is 0 Å². The van der Waals surface area contributed by atoms with E-state index in [0.29, 0.717) is 11.6 Å². The van der Waals surface area contributed by atoms with Crippen LogP contribution in [0.4, 0.5) is 0 Å². The first-order valence-electron chi connectivity index (χ1n) is 10.9. The van der Waals surface area contributed by atoms with Gasteiger partial charge in [0.2, 0.25) is 0 Å². The highest BCUT2D eigenvalue weighted by molar-refractivity contribution is 5.95. The molecule has 3 aromatic rings. The number of fused-ring (bicyclic) bond motifs is 1. The second-order valence-electron chi connectivity index (χ2n) is 8.68. The van der Waals surface area contributed by atoms with E-state index in [9.17, 15) is 4.79 Å². The molecule has 2 saturated carbocycles. The second-order valence-corrected chi connectivity index (χ2v) is 8.68. The summed E-state index contributed by atoms with van der Waals surface area (Å²) in [5, 5.41) is 4.31. The zero-order valence-electron chi connectivity index (χ0n) is 17.0. The number of pyridine rings is 2. The van der Waals surface area contributed by atoms with Crippen molar-refractivity contribution in [3.05, 3.63) is 59.2 Å². The zero-order chi connectivity index (χ0) is 19.8. The molecule has 3 aromatic heterocycles. The van der Waals surface area contributed by atoms with Crippen molar-refractivity contribution in [3.63, 3.8) is 0 Å². The summed E-state index contributed by atoms with van der Waals surface area (Å²) in [6.07, 6.45) is 13.1. The maximum atomic E-state index is 12.9. The molecule has 2 fully saturated rings. The number of carbonyl (C=O) groups is 1. The molecule has 3 heterocycles. The fraction of sp³-hybridized carbons (Fsp3) is 0.458. The number of aryl methyl sites for hydroxylation is 1. The van der Waals surface area contributed by atoms with Crippen molar-refractivity contribution in [2.45, 2.75) is 63.3 Å². The maximum absolute atomic E-state index is 12.9. The van der Waals surface area contributed by atoms with Crippen LogP contribution < -0.4 is 5.32 Å². The van der Waals surface area contributed by atoms with Gasteiger partial charge in [0.1, 0.15) is 11.3 Å². The molecule has 29 heavy (non-hydrogen) atoms. The Morgan fingerprint density at radius 1 is 1.14 bits per heavy atom. The van der Waals surface area contributed by atoms with Crippen molar-refractivity contribution in [2.24, 2.45) is 7.05 Å². The molecule has 0 atom stereocenters. The van der Waals surface area contributed by atoms with E-state index in [-0.39, 0.29) is 11.9 Å². The Kier molecular flexibility index (Phi) is 4.82. The average molecular weight is 389 g/mol. The lowest BCUT2D eigenvalue weighted by molar-refractivity contribution is 0.0923. The molecule has 0 spiro atoms. The molecule has 0 saturated heterocycles. The van der Waals surface area contributed by atoms with Crippen LogP contribution in [0.1, 0.15) is 78.2 Å². The van der Waals surface area contributed by atoms with Crippen LogP contribution in [-0.4, -0.2) is 26.5 Å². The molecule has 2 aliphatic rings. The van der Waals surface area contributed by atoms with Crippen LogP contribution in [0.25, 0.3) is 11.0 Å². The number of nitrogens with zero attached hydrogens (tertiary/aromatic N) is 3. The predicted octanol–water partition coefficient (Wildman–Crippen LogP) is 4.50. The molecule has 1 amide bonds. The standard InChI is InChI=1S/C24H28N4O/c1-28-12-11-20-18(13-16-7-10-21(25-15-16)17-8-9-17)14-22(27-23(20)28)24(29)26-19-5-3-2-4-6-19/h7,10-12,14-15,17,19H,2-6,8-9,13H2,1H3,(H,26,29). The van der Waals surface area contributed by atoms with E-state index in [4.69, 9.17) is 0 Å². The summed E-state index contributed by atoms with van der Waals surface area (Å²) in [6.45, 7) is 0. The van der Waals surface area contributed by atoms with Gasteiger partial charge in [0.15, 0.2) is 0 Å². The lowest BCUT2D eigenvalue weighted by Gasteiger charge is -2.22. The van der Waals surface area contributed by atoms with E-state index < -0.39 is 0 Å². The highest BCUT2D eigenvalue weighted by atomic mass is 16.1. The minimum atomic E-state index is -0.0524. The molecule has 0 aliphatic heterocycles. The minimum absolute atomic E-state index is 0.0524. The predicted molar refractivity (Wildman–Crippen MR) is 114 cm³/mol. The normalized spacial score (nSPS) is 17.6. The van der Waals surface area contributed by atoms with Gasteiger partial charge in [-0.25, -0.2) is 4.98 Å². The molecule has 2 aliphatic carbocycles. The van der Waals surface area contributed by atoms with E-state index in [2.05, 4.69) is 33.5 Å². The molecule has 5 heteroatoms. The smallest absolute Gasteiger partial charge is 0.270 e. The summed E-state index contributed by atoms with van der Waals surface area (Å²) < 4.78 is 1.99. The van der Waals surface area contributed by atoms with E-state index in [1.54, 1.807) is 0 Å². The Morgan fingerprint density at radius 2 is 1.97 bits per heavy atom. The van der Waals surface area contributed by atoms with Crippen molar-refractivity contribution < 1.29 is 4.79 Å². The quantitative estimate of drug-likeness (QED) is 0.700. The number of nitrogens with one attached hydrogen (secondary N) is 1. The first kappa shape index (κ1) is 18.3. The van der Waals surface area contributed by atoms with Gasteiger partial charge in [-0.05, 0) is 61.4 Å². The van der Waals surface area contributed by atoms with Gasteiger partial charge in [0, 0.05) is 42.5 Å². The van der Waals surface area contributed by atoms with Gasteiger partial charge in [-0.3, -0.25) is 9.78 Å². The molecule has 0 unspecified atom stereocenters. The van der Waals surface area contributed by atoms with Gasteiger partial charge in [0.25, 0.3) is 5.91 Å². The van der Waals surface area contributed by atoms with Gasteiger partial charge in [-0.15, -0.1) is 0 Å². The molecular weight excluding hydrogens is 360 g/mol. The topological polar surface area (TPSA) is 59.8 Å². The van der Waals surface area contributed by atoms with Crippen molar-refractivity contribution in [1.82, 2.24) is 19.9 Å². The molecule has 5 nitrogen and oxygen atoms in total. The van der Waals surface area contributed by atoms with Gasteiger partial charge in [-0.2, -0.15) is 0 Å². The van der Waals surface area contributed by atoms with Gasteiger partial charge in [-0.1, -0.05) is 25.3 Å². The third-order valence-electron chi connectivity index (χ3n) is 6.33. The number of hydrogen-bond donors (Lipinski definition) is 1. The highest BCUT2D eigenvalue weighted by Crippen LogP contribution is 2.38. The number of amides is 1. The molecule has 0 bridgehead atoms. The second kappa shape index (κ2) is 7.62. The maximum Gasteiger partial charge on any atom is 0.270 e. The SMILES string of the molecule is Cn1ccc2c(Cc3ccc(C4CC4)nc3)cc(C(=O)NC3CCCCC3)nc21. The van der Waals surface area contributed by atoms with Crippen LogP contribution in [0.15, 0.2) is 36.7 Å². The van der Waals surface area contributed by atoms with Gasteiger partial charge in [0.05, 0.1) is 0 Å². The van der Waals surface area contributed by atoms with Crippen LogP contribution in [0, 0.1) is 0 Å². The number of aromatic nitrogens is 3. The fourth-order valence-electron chi connectivity index (χ4n) is 4.45. The Hall–Kier alpha value is -2.69. The van der Waals surface area contributed by atoms with E-state index >= 15 is 0 Å². The van der Waals surface area contributed by atoms with Crippen LogP contribution in [0.3, 0.4) is 0 Å². The molecular formula is C24H28N4O. The van der Waals surface area contributed by atoms with Crippen LogP contribution in [-0.2, 0) is 13.5 Å². The zero-order valence-corrected chi connectivity index (χ0v) is 17.0. The summed E-state index contributed by atoms with van der Waals surface area (Å²) in [4.78, 5) is 22.3. The average Bonchev–Trinajstić information content (AvgIpc) is 3.52. The highest BCUT2D eigenvalue weighted by Gasteiger charge is 2.24. The first-order chi connectivity index (χ1) is 14.2. The molecule has 0 aromatic carbocycles. The number of hydrogen-bond acceptors (Lipinski definition) is 3. The Labute approximate surface area is 171 Å². The molecule has 150 valence electrons. The molecule has 5 rings (SSSR count). The van der Waals surface area contributed by atoms with Crippen LogP contribution >= 0.6 is 0 Å². The lowest BCUT2D eigenvalue weighted by atomic mass is 9.95. The molecule has 1 N–H and O–H groups in total. The van der Waals surface area contributed by atoms with E-state index in [1.165, 1.54) is 43.4 Å². The monoisotopic (exact) mass is 388 g/mol. The number of carbonyl (C=O) groups excluding carboxylic acids is 1. The van der Waals surface area contributed by atoms with Crippen molar-refractivity contribution in [1.29, 1.82) is 0 Å². The lowest BCUT2D eigenvalue weighted by Crippen LogP contribution is -2.36. The summed E-state index contributed by atoms with van der Waals surface area (Å²) in [5.41, 5.74) is 4.89. The van der Waals surface area contributed by atoms with Crippen molar-refractivity contribution in [2.75, 3.05) is 0 Å². The third-order valence-corrected chi connectivity index (χ3v) is 6.33. The molecule has 0 radical (unpaired) electrons. The van der Waals surface area contributed by atoms with Gasteiger partial charge >= 0.3 is 0 Å². The number of rotatable bonds is 5. The first-order valence-corrected chi connectivity index (χ1v) is 10.9. The minimum Gasteiger partial charge on any atom is -0.348 e. The third kappa shape index (κ3) is 3.91. The Balaban J connectivity index is 1.43. The van der Waals surface area contributed by atoms with Crippen molar-refractivity contribution >= 4 is 16.9 Å². The van der Waals surface area contributed by atoms with Gasteiger partial charge < -0.3 is 9.88 Å². The summed E-state index contributed by atoms with van der Waals surface area (Å²) in [7, 11) is 1.98. The van der Waals surface area contributed by atoms with E-state index in [1.807, 2.05) is 30.1 Å². The Bertz CT molecular complexity index is 1030. The van der Waals surface area contributed by atoms with Crippen molar-refractivity contribution in [3.8, 4) is 0 Å². The fourth-order valence-corrected chi connectivity index (χ4v) is 4.45. The summed E-state index contributed by atoms with van der Waals surface area (Å²) in [6, 6.07) is 8.68. The summed E-state index contributed by atoms with van der Waals surface area (Å²) in [5.74, 6) is 0.615. The Morgan fingerprint density at radius 3 is 2.69 bits per heavy atom. The van der Waals surface area contributed by atoms with E-state index in [0.717, 1.165) is 35.9 Å². The largest absolute Gasteiger partial charge is 0.348 e.